The molecule has 1 amide bonds. The molecule has 34 heavy (non-hydrogen) atoms. The lowest BCUT2D eigenvalue weighted by molar-refractivity contribution is -0.111. The predicted molar refractivity (Wildman–Crippen MR) is 138 cm³/mol. The summed E-state index contributed by atoms with van der Waals surface area (Å²) < 4.78 is 16.8. The third kappa shape index (κ3) is 4.84. The summed E-state index contributed by atoms with van der Waals surface area (Å²) in [6, 6.07) is 19.6. The number of fused-ring (bicyclic) bond motifs is 1. The lowest BCUT2D eigenvalue weighted by Crippen LogP contribution is -2.08. The average Bonchev–Trinajstić information content (AvgIpc) is 3.26. The van der Waals surface area contributed by atoms with Crippen LogP contribution in [0.15, 0.2) is 77.4 Å². The van der Waals surface area contributed by atoms with Gasteiger partial charge in [0.15, 0.2) is 0 Å². The van der Waals surface area contributed by atoms with Gasteiger partial charge in [-0.3, -0.25) is 4.79 Å². The van der Waals surface area contributed by atoms with Crippen LogP contribution in [0.3, 0.4) is 0 Å². The van der Waals surface area contributed by atoms with E-state index >= 15 is 0 Å². The number of carbonyl (C=O) groups excluding carboxylic acids is 1. The van der Waals surface area contributed by atoms with Gasteiger partial charge in [-0.1, -0.05) is 38.1 Å². The fourth-order valence-corrected chi connectivity index (χ4v) is 3.95. The summed E-state index contributed by atoms with van der Waals surface area (Å²) >= 11 is 0. The highest BCUT2D eigenvalue weighted by Gasteiger charge is 2.15. The first kappa shape index (κ1) is 23.2. The Morgan fingerprint density at radius 1 is 1.00 bits per heavy atom. The van der Waals surface area contributed by atoms with Crippen molar-refractivity contribution in [2.45, 2.75) is 26.7 Å². The number of methoxy groups -OCH3 is 2. The van der Waals surface area contributed by atoms with E-state index in [1.54, 1.807) is 26.6 Å². The van der Waals surface area contributed by atoms with Crippen molar-refractivity contribution in [2.24, 2.45) is 0 Å². The molecule has 5 heteroatoms. The van der Waals surface area contributed by atoms with Crippen LogP contribution >= 0.6 is 0 Å². The molecule has 0 fully saturated rings. The van der Waals surface area contributed by atoms with Gasteiger partial charge in [0.25, 0.3) is 0 Å². The normalized spacial score (nSPS) is 11.6. The van der Waals surface area contributed by atoms with E-state index in [0.29, 0.717) is 17.3 Å². The predicted octanol–water partition coefficient (Wildman–Crippen LogP) is 7.28. The summed E-state index contributed by atoms with van der Waals surface area (Å²) in [6.45, 7) is 6.18. The second-order valence-corrected chi connectivity index (χ2v) is 8.52. The largest absolute Gasteiger partial charge is 0.497 e. The van der Waals surface area contributed by atoms with E-state index in [2.05, 4.69) is 19.2 Å². The summed E-state index contributed by atoms with van der Waals surface area (Å²) in [7, 11) is 3.26. The van der Waals surface area contributed by atoms with Crippen LogP contribution in [0.4, 0.5) is 5.69 Å². The van der Waals surface area contributed by atoms with Crippen molar-refractivity contribution in [2.75, 3.05) is 19.5 Å². The first-order valence-corrected chi connectivity index (χ1v) is 11.2. The number of amides is 1. The number of anilines is 1. The van der Waals surface area contributed by atoms with Crippen molar-refractivity contribution in [1.82, 2.24) is 0 Å². The van der Waals surface area contributed by atoms with Crippen LogP contribution in [-0.4, -0.2) is 20.1 Å². The molecule has 0 unspecified atom stereocenters. The standard InChI is InChI=1S/C29H29NO4/c1-18(2)20-9-11-22(12-10-20)30-29(31)13-19(3)24-15-25-26(17-34-28(25)16-27(24)33-5)21-7-6-8-23(14-21)32-4/h6-18H,1-5H3,(H,30,31)/b19-13+. The van der Waals surface area contributed by atoms with Gasteiger partial charge >= 0.3 is 0 Å². The van der Waals surface area contributed by atoms with Crippen molar-refractivity contribution in [3.8, 4) is 22.6 Å². The number of hydrogen-bond acceptors (Lipinski definition) is 4. The van der Waals surface area contributed by atoms with Gasteiger partial charge in [0.2, 0.25) is 5.91 Å². The summed E-state index contributed by atoms with van der Waals surface area (Å²) in [5, 5.41) is 3.87. The zero-order valence-corrected chi connectivity index (χ0v) is 20.1. The van der Waals surface area contributed by atoms with Gasteiger partial charge in [0.05, 0.1) is 20.5 Å². The second-order valence-electron chi connectivity index (χ2n) is 8.52. The van der Waals surface area contributed by atoms with Crippen molar-refractivity contribution in [3.05, 3.63) is 84.1 Å². The number of furan rings is 1. The molecule has 174 valence electrons. The fourth-order valence-electron chi connectivity index (χ4n) is 3.95. The van der Waals surface area contributed by atoms with Crippen LogP contribution < -0.4 is 14.8 Å². The SMILES string of the molecule is COc1cccc(-c2coc3cc(OC)c(/C(C)=C/C(=O)Nc4ccc(C(C)C)cc4)cc23)c1. The van der Waals surface area contributed by atoms with Crippen LogP contribution in [0.2, 0.25) is 0 Å². The zero-order chi connectivity index (χ0) is 24.2. The van der Waals surface area contributed by atoms with E-state index in [1.165, 1.54) is 5.56 Å². The molecule has 1 aromatic heterocycles. The molecule has 0 aliphatic carbocycles. The Bertz CT molecular complexity index is 1350. The number of carbonyl (C=O) groups is 1. The van der Waals surface area contributed by atoms with Gasteiger partial charge in [-0.05, 0) is 59.9 Å². The Labute approximate surface area is 200 Å². The Hall–Kier alpha value is -3.99. The molecule has 0 spiro atoms. The Balaban J connectivity index is 1.66. The van der Waals surface area contributed by atoms with Crippen molar-refractivity contribution >= 4 is 28.1 Å². The number of nitrogens with one attached hydrogen (secondary N) is 1. The summed E-state index contributed by atoms with van der Waals surface area (Å²) in [6.07, 6.45) is 3.32. The third-order valence-corrected chi connectivity index (χ3v) is 5.89. The molecule has 0 saturated heterocycles. The molecule has 0 radical (unpaired) electrons. The highest BCUT2D eigenvalue weighted by Crippen LogP contribution is 2.38. The molecular formula is C29H29NO4. The van der Waals surface area contributed by atoms with Crippen LogP contribution in [0.25, 0.3) is 27.7 Å². The van der Waals surface area contributed by atoms with Crippen molar-refractivity contribution < 1.29 is 18.7 Å². The molecule has 1 heterocycles. The van der Waals surface area contributed by atoms with E-state index < -0.39 is 0 Å². The minimum absolute atomic E-state index is 0.197. The third-order valence-electron chi connectivity index (χ3n) is 5.89. The average molecular weight is 456 g/mol. The quantitative estimate of drug-likeness (QED) is 0.297. The molecule has 4 rings (SSSR count). The molecule has 5 nitrogen and oxygen atoms in total. The maximum atomic E-state index is 12.7. The van der Waals surface area contributed by atoms with E-state index in [0.717, 1.165) is 39.1 Å². The zero-order valence-electron chi connectivity index (χ0n) is 20.1. The molecule has 4 aromatic rings. The van der Waals surface area contributed by atoms with Crippen LogP contribution in [0.1, 0.15) is 37.8 Å². The van der Waals surface area contributed by atoms with Crippen molar-refractivity contribution in [1.29, 1.82) is 0 Å². The lowest BCUT2D eigenvalue weighted by Gasteiger charge is -2.11. The van der Waals surface area contributed by atoms with Gasteiger partial charge in [0.1, 0.15) is 17.1 Å². The molecule has 0 aliphatic rings. The first-order valence-electron chi connectivity index (χ1n) is 11.2. The molecular weight excluding hydrogens is 426 g/mol. The molecule has 0 atom stereocenters. The molecule has 0 saturated carbocycles. The minimum Gasteiger partial charge on any atom is -0.497 e. The smallest absolute Gasteiger partial charge is 0.248 e. The van der Waals surface area contributed by atoms with E-state index in [1.807, 2.05) is 67.6 Å². The number of benzene rings is 3. The van der Waals surface area contributed by atoms with Gasteiger partial charge in [-0.25, -0.2) is 0 Å². The lowest BCUT2D eigenvalue weighted by atomic mass is 9.99. The highest BCUT2D eigenvalue weighted by atomic mass is 16.5. The van der Waals surface area contributed by atoms with Crippen LogP contribution in [0.5, 0.6) is 11.5 Å². The van der Waals surface area contributed by atoms with Gasteiger partial charge < -0.3 is 19.2 Å². The minimum atomic E-state index is -0.197. The van der Waals surface area contributed by atoms with Gasteiger partial charge in [-0.15, -0.1) is 0 Å². The van der Waals surface area contributed by atoms with Gasteiger partial charge in [-0.2, -0.15) is 0 Å². The van der Waals surface area contributed by atoms with E-state index in [-0.39, 0.29) is 5.91 Å². The van der Waals surface area contributed by atoms with Crippen molar-refractivity contribution in [3.63, 3.8) is 0 Å². The van der Waals surface area contributed by atoms with E-state index in [9.17, 15) is 4.79 Å². The van der Waals surface area contributed by atoms with E-state index in [4.69, 9.17) is 13.9 Å². The summed E-state index contributed by atoms with van der Waals surface area (Å²) in [5.74, 6) is 1.66. The summed E-state index contributed by atoms with van der Waals surface area (Å²) in [5.41, 5.74) is 6.24. The number of rotatable bonds is 7. The molecule has 3 aromatic carbocycles. The molecule has 1 N–H and O–H groups in total. The number of ether oxygens (including phenoxy) is 2. The van der Waals surface area contributed by atoms with Crippen LogP contribution in [-0.2, 0) is 4.79 Å². The maximum absolute atomic E-state index is 12.7. The highest BCUT2D eigenvalue weighted by molar-refractivity contribution is 6.05. The second kappa shape index (κ2) is 9.87. The summed E-state index contributed by atoms with van der Waals surface area (Å²) in [4.78, 5) is 12.7. The monoisotopic (exact) mass is 455 g/mol. The number of hydrogen-bond donors (Lipinski definition) is 1. The Kier molecular flexibility index (Phi) is 6.73. The van der Waals surface area contributed by atoms with Crippen LogP contribution in [0, 0.1) is 0 Å². The molecule has 0 aliphatic heterocycles. The topological polar surface area (TPSA) is 60.7 Å². The fraction of sp³-hybridized carbons (Fsp3) is 0.207. The first-order chi connectivity index (χ1) is 16.4. The number of allylic oxidation sites excluding steroid dienone is 1. The maximum Gasteiger partial charge on any atom is 0.248 e. The Morgan fingerprint density at radius 2 is 1.76 bits per heavy atom. The molecule has 0 bridgehead atoms. The van der Waals surface area contributed by atoms with Gasteiger partial charge in [0, 0.05) is 34.3 Å². The Morgan fingerprint density at radius 3 is 2.44 bits per heavy atom.